The van der Waals surface area contributed by atoms with Gasteiger partial charge in [0.05, 0.1) is 12.6 Å². The summed E-state index contributed by atoms with van der Waals surface area (Å²) in [7, 11) is 0. The van der Waals surface area contributed by atoms with E-state index in [0.717, 1.165) is 25.0 Å². The predicted molar refractivity (Wildman–Crippen MR) is 123 cm³/mol. The topological polar surface area (TPSA) is 67.6 Å². The molecule has 174 valence electrons. The molecule has 1 aliphatic rings. The van der Waals surface area contributed by atoms with Gasteiger partial charge in [-0.2, -0.15) is 0 Å². The van der Waals surface area contributed by atoms with Gasteiger partial charge in [0.1, 0.15) is 12.1 Å². The van der Waals surface area contributed by atoms with Gasteiger partial charge >= 0.3 is 0 Å². The highest BCUT2D eigenvalue weighted by Crippen LogP contribution is 2.18. The van der Waals surface area contributed by atoms with Crippen LogP contribution in [0.3, 0.4) is 0 Å². The first-order chi connectivity index (χ1) is 16.0. The fourth-order valence-electron chi connectivity index (χ4n) is 4.06. The molecule has 0 radical (unpaired) electrons. The van der Waals surface area contributed by atoms with Crippen LogP contribution in [0, 0.1) is 19.7 Å². The van der Waals surface area contributed by atoms with E-state index in [0.29, 0.717) is 32.1 Å². The standard InChI is InChI=1S/C26H30FN3O3/c1-18-5-8-21(19(2)12-18)15-30(14-20-6-9-22(27)10-7-20)16-25-29-24(17-33-25)26(31)28-13-23-4-3-11-32-23/h5-10,12,17,23H,3-4,11,13-16H2,1-2H3,(H,28,31). The number of nitrogens with zero attached hydrogens (tertiary/aromatic N) is 2. The van der Waals surface area contributed by atoms with Crippen LogP contribution in [0.2, 0.25) is 0 Å². The highest BCUT2D eigenvalue weighted by molar-refractivity contribution is 5.91. The largest absolute Gasteiger partial charge is 0.447 e. The third-order valence-electron chi connectivity index (χ3n) is 5.87. The lowest BCUT2D eigenvalue weighted by Crippen LogP contribution is -2.32. The fourth-order valence-corrected chi connectivity index (χ4v) is 4.06. The normalized spacial score (nSPS) is 15.8. The lowest BCUT2D eigenvalue weighted by molar-refractivity contribution is 0.0853. The quantitative estimate of drug-likeness (QED) is 0.517. The lowest BCUT2D eigenvalue weighted by atomic mass is 10.0. The molecule has 1 unspecified atom stereocenters. The molecule has 1 atom stereocenters. The molecule has 4 rings (SSSR count). The minimum atomic E-state index is -0.264. The number of rotatable bonds is 9. The summed E-state index contributed by atoms with van der Waals surface area (Å²) >= 11 is 0. The van der Waals surface area contributed by atoms with Gasteiger partial charge in [0.15, 0.2) is 5.69 Å². The zero-order valence-corrected chi connectivity index (χ0v) is 19.1. The van der Waals surface area contributed by atoms with Gasteiger partial charge < -0.3 is 14.5 Å². The second-order valence-electron chi connectivity index (χ2n) is 8.67. The van der Waals surface area contributed by atoms with E-state index in [-0.39, 0.29) is 23.5 Å². The molecule has 1 saturated heterocycles. The average Bonchev–Trinajstić information content (AvgIpc) is 3.48. The summed E-state index contributed by atoms with van der Waals surface area (Å²) in [6.07, 6.45) is 3.46. The Morgan fingerprint density at radius 1 is 1.15 bits per heavy atom. The van der Waals surface area contributed by atoms with Crippen molar-refractivity contribution in [1.29, 1.82) is 0 Å². The van der Waals surface area contributed by atoms with Crippen LogP contribution in [0.1, 0.15) is 51.5 Å². The first-order valence-corrected chi connectivity index (χ1v) is 11.3. The van der Waals surface area contributed by atoms with Gasteiger partial charge in [-0.05, 0) is 55.5 Å². The molecule has 0 bridgehead atoms. The maximum Gasteiger partial charge on any atom is 0.273 e. The second-order valence-corrected chi connectivity index (χ2v) is 8.67. The number of aromatic nitrogens is 1. The Kier molecular flexibility index (Phi) is 7.52. The molecule has 3 aromatic rings. The van der Waals surface area contributed by atoms with Gasteiger partial charge in [-0.25, -0.2) is 9.37 Å². The number of ether oxygens (including phenoxy) is 1. The van der Waals surface area contributed by atoms with Crippen LogP contribution in [-0.2, 0) is 24.4 Å². The molecule has 0 spiro atoms. The molecule has 1 fully saturated rings. The molecular formula is C26H30FN3O3. The molecule has 1 N–H and O–H groups in total. The van der Waals surface area contributed by atoms with E-state index in [1.807, 2.05) is 0 Å². The lowest BCUT2D eigenvalue weighted by Gasteiger charge is -2.22. The molecule has 0 saturated carbocycles. The molecule has 2 aromatic carbocycles. The molecule has 0 aliphatic carbocycles. The molecule has 1 aliphatic heterocycles. The van der Waals surface area contributed by atoms with Crippen LogP contribution in [0.4, 0.5) is 4.39 Å². The first kappa shape index (κ1) is 23.1. The van der Waals surface area contributed by atoms with Crippen molar-refractivity contribution in [2.75, 3.05) is 13.2 Å². The number of hydrogen-bond donors (Lipinski definition) is 1. The Labute approximate surface area is 193 Å². The maximum absolute atomic E-state index is 13.4. The monoisotopic (exact) mass is 451 g/mol. The SMILES string of the molecule is Cc1ccc(CN(Cc2ccc(F)cc2)Cc2nc(C(=O)NCC3CCCO3)co2)c(C)c1. The summed E-state index contributed by atoms with van der Waals surface area (Å²) in [6, 6.07) is 12.9. The molecular weight excluding hydrogens is 421 g/mol. The van der Waals surface area contributed by atoms with Crippen LogP contribution in [0.5, 0.6) is 0 Å². The van der Waals surface area contributed by atoms with Gasteiger partial charge in [0.25, 0.3) is 5.91 Å². The Morgan fingerprint density at radius 2 is 1.97 bits per heavy atom. The number of benzene rings is 2. The smallest absolute Gasteiger partial charge is 0.273 e. The number of nitrogens with one attached hydrogen (secondary N) is 1. The van der Waals surface area contributed by atoms with E-state index >= 15 is 0 Å². The van der Waals surface area contributed by atoms with Crippen molar-refractivity contribution in [2.24, 2.45) is 0 Å². The Bertz CT molecular complexity index is 1070. The van der Waals surface area contributed by atoms with E-state index in [9.17, 15) is 9.18 Å². The van der Waals surface area contributed by atoms with Crippen molar-refractivity contribution in [1.82, 2.24) is 15.2 Å². The minimum Gasteiger partial charge on any atom is -0.447 e. The van der Waals surface area contributed by atoms with E-state index in [1.165, 1.54) is 35.1 Å². The number of halogens is 1. The van der Waals surface area contributed by atoms with Gasteiger partial charge in [-0.3, -0.25) is 9.69 Å². The van der Waals surface area contributed by atoms with Crippen molar-refractivity contribution in [3.05, 3.63) is 88.4 Å². The Balaban J connectivity index is 1.44. The van der Waals surface area contributed by atoms with Crippen molar-refractivity contribution in [2.45, 2.75) is 52.4 Å². The van der Waals surface area contributed by atoms with Gasteiger partial charge in [0.2, 0.25) is 5.89 Å². The molecule has 7 heteroatoms. The zero-order chi connectivity index (χ0) is 23.2. The molecule has 1 aromatic heterocycles. The van der Waals surface area contributed by atoms with Crippen molar-refractivity contribution >= 4 is 5.91 Å². The van der Waals surface area contributed by atoms with Crippen LogP contribution in [0.25, 0.3) is 0 Å². The highest BCUT2D eigenvalue weighted by Gasteiger charge is 2.19. The first-order valence-electron chi connectivity index (χ1n) is 11.3. The summed E-state index contributed by atoms with van der Waals surface area (Å²) in [4.78, 5) is 19.0. The van der Waals surface area contributed by atoms with Gasteiger partial charge in [0, 0.05) is 26.2 Å². The summed E-state index contributed by atoms with van der Waals surface area (Å²) in [6.45, 7) is 7.08. The number of amides is 1. The Morgan fingerprint density at radius 3 is 2.70 bits per heavy atom. The average molecular weight is 452 g/mol. The predicted octanol–water partition coefficient (Wildman–Crippen LogP) is 4.54. The van der Waals surface area contributed by atoms with Crippen molar-refractivity contribution in [3.63, 3.8) is 0 Å². The summed E-state index contributed by atoms with van der Waals surface area (Å²) in [5.74, 6) is -0.0601. The molecule has 1 amide bonds. The fraction of sp³-hybridized carbons (Fsp3) is 0.385. The number of oxazole rings is 1. The van der Waals surface area contributed by atoms with Crippen molar-refractivity contribution < 1.29 is 18.3 Å². The third kappa shape index (κ3) is 6.49. The van der Waals surface area contributed by atoms with Gasteiger partial charge in [-0.15, -0.1) is 0 Å². The number of hydrogen-bond acceptors (Lipinski definition) is 5. The second kappa shape index (κ2) is 10.7. The molecule has 33 heavy (non-hydrogen) atoms. The zero-order valence-electron chi connectivity index (χ0n) is 19.1. The van der Waals surface area contributed by atoms with Gasteiger partial charge in [-0.1, -0.05) is 35.9 Å². The number of aryl methyl sites for hydroxylation is 2. The van der Waals surface area contributed by atoms with Crippen LogP contribution in [0.15, 0.2) is 53.1 Å². The molecule has 2 heterocycles. The minimum absolute atomic E-state index is 0.0734. The summed E-state index contributed by atoms with van der Waals surface area (Å²) < 4.78 is 24.5. The van der Waals surface area contributed by atoms with E-state index in [1.54, 1.807) is 12.1 Å². The van der Waals surface area contributed by atoms with Crippen molar-refractivity contribution in [3.8, 4) is 0 Å². The summed E-state index contributed by atoms with van der Waals surface area (Å²) in [5.41, 5.74) is 4.87. The molecule has 6 nitrogen and oxygen atoms in total. The number of carbonyl (C=O) groups excluding carboxylic acids is 1. The highest BCUT2D eigenvalue weighted by atomic mass is 19.1. The van der Waals surface area contributed by atoms with E-state index < -0.39 is 0 Å². The van der Waals surface area contributed by atoms with Crippen LogP contribution >= 0.6 is 0 Å². The number of carbonyl (C=O) groups is 1. The van der Waals surface area contributed by atoms with Crippen LogP contribution in [-0.4, -0.2) is 35.0 Å². The Hall–Kier alpha value is -3.03. The van der Waals surface area contributed by atoms with Crippen LogP contribution < -0.4 is 5.32 Å². The summed E-state index contributed by atoms with van der Waals surface area (Å²) in [5, 5.41) is 2.87. The van der Waals surface area contributed by atoms with E-state index in [2.05, 4.69) is 47.2 Å². The maximum atomic E-state index is 13.4. The van der Waals surface area contributed by atoms with E-state index in [4.69, 9.17) is 9.15 Å². The third-order valence-corrected chi connectivity index (χ3v) is 5.87.